The van der Waals surface area contributed by atoms with Gasteiger partial charge in [-0.3, -0.25) is 19.5 Å². The summed E-state index contributed by atoms with van der Waals surface area (Å²) in [6.07, 6.45) is 10.1. The van der Waals surface area contributed by atoms with Gasteiger partial charge in [0, 0.05) is 30.4 Å². The number of carbonyl (C=O) groups is 1. The van der Waals surface area contributed by atoms with E-state index in [9.17, 15) is 10.1 Å². The topological polar surface area (TPSA) is 75.5 Å². The molecule has 3 aliphatic rings. The van der Waals surface area contributed by atoms with Crippen molar-refractivity contribution in [2.24, 2.45) is 5.92 Å². The zero-order valence-corrected chi connectivity index (χ0v) is 21.6. The van der Waals surface area contributed by atoms with E-state index in [2.05, 4.69) is 75.5 Å². The number of nitrogens with zero attached hydrogens (tertiary/aromatic N) is 5. The lowest BCUT2D eigenvalue weighted by Crippen LogP contribution is -2.56. The van der Waals surface area contributed by atoms with E-state index in [0.29, 0.717) is 17.9 Å². The van der Waals surface area contributed by atoms with Gasteiger partial charge in [0.2, 0.25) is 5.91 Å². The molecule has 0 bridgehead atoms. The average molecular weight is 487 g/mol. The van der Waals surface area contributed by atoms with E-state index >= 15 is 0 Å². The van der Waals surface area contributed by atoms with Crippen molar-refractivity contribution in [1.29, 1.82) is 5.26 Å². The predicted octanol–water partition coefficient (Wildman–Crippen LogP) is 4.04. The highest BCUT2D eigenvalue weighted by Crippen LogP contribution is 2.49. The number of anilines is 1. The number of aromatic nitrogens is 1. The Morgan fingerprint density at radius 2 is 1.89 bits per heavy atom. The number of hydrogen-bond acceptors (Lipinski definition) is 6. The molecule has 1 aliphatic heterocycles. The summed E-state index contributed by atoms with van der Waals surface area (Å²) in [7, 11) is 4.44. The summed E-state index contributed by atoms with van der Waals surface area (Å²) in [4.78, 5) is 24.6. The number of carbonyl (C=O) groups excluding carboxylic acids is 1. The predicted molar refractivity (Wildman–Crippen MR) is 141 cm³/mol. The SMILES string of the molecule is CN(C)[C@]1(c2ccccc2)CC[C@]2(CC1)CN(CC(=O)Nc1ncccc1C#N)CN2CC1CCC1. The third-order valence-electron chi connectivity index (χ3n) is 8.99. The van der Waals surface area contributed by atoms with Crippen molar-refractivity contribution in [3.8, 4) is 6.07 Å². The number of rotatable bonds is 7. The van der Waals surface area contributed by atoms with Crippen LogP contribution in [0.15, 0.2) is 48.7 Å². The fraction of sp³-hybridized carbons (Fsp3) is 0.552. The molecule has 2 aromatic rings. The Kier molecular flexibility index (Phi) is 7.11. The van der Waals surface area contributed by atoms with Crippen LogP contribution < -0.4 is 5.32 Å². The second kappa shape index (κ2) is 10.3. The first-order valence-corrected chi connectivity index (χ1v) is 13.3. The Morgan fingerprint density at radius 1 is 1.14 bits per heavy atom. The monoisotopic (exact) mass is 486 g/mol. The first-order chi connectivity index (χ1) is 17.4. The number of nitrogens with one attached hydrogen (secondary N) is 1. The molecule has 2 heterocycles. The Labute approximate surface area is 215 Å². The molecule has 1 N–H and O–H groups in total. The first-order valence-electron chi connectivity index (χ1n) is 13.3. The molecule has 7 nitrogen and oxygen atoms in total. The molecule has 1 aromatic heterocycles. The number of pyridine rings is 1. The summed E-state index contributed by atoms with van der Waals surface area (Å²) in [6.45, 7) is 3.20. The molecule has 0 atom stereocenters. The summed E-state index contributed by atoms with van der Waals surface area (Å²) in [5, 5.41) is 12.2. The van der Waals surface area contributed by atoms with Gasteiger partial charge in [-0.05, 0) is 76.2 Å². The van der Waals surface area contributed by atoms with Crippen molar-refractivity contribution >= 4 is 11.7 Å². The van der Waals surface area contributed by atoms with Gasteiger partial charge in [0.15, 0.2) is 0 Å². The lowest BCUT2D eigenvalue weighted by molar-refractivity contribution is -0.117. The van der Waals surface area contributed by atoms with Gasteiger partial charge in [-0.15, -0.1) is 0 Å². The minimum Gasteiger partial charge on any atom is -0.308 e. The van der Waals surface area contributed by atoms with Crippen molar-refractivity contribution in [2.45, 2.75) is 56.0 Å². The maximum atomic E-state index is 13.0. The molecule has 2 saturated carbocycles. The van der Waals surface area contributed by atoms with Crippen LogP contribution in [0.3, 0.4) is 0 Å². The second-order valence-corrected chi connectivity index (χ2v) is 11.2. The van der Waals surface area contributed by atoms with Crippen molar-refractivity contribution in [1.82, 2.24) is 19.7 Å². The molecular formula is C29H38N6O. The van der Waals surface area contributed by atoms with Crippen LogP contribution >= 0.6 is 0 Å². The summed E-state index contributed by atoms with van der Waals surface area (Å²) < 4.78 is 0. The fourth-order valence-corrected chi connectivity index (χ4v) is 6.62. The van der Waals surface area contributed by atoms with Crippen LogP contribution in [-0.2, 0) is 10.3 Å². The second-order valence-electron chi connectivity index (χ2n) is 11.2. The van der Waals surface area contributed by atoms with Gasteiger partial charge in [0.1, 0.15) is 11.9 Å². The normalized spacial score (nSPS) is 27.2. The number of benzene rings is 1. The summed E-state index contributed by atoms with van der Waals surface area (Å²) in [6, 6.07) is 16.5. The molecule has 1 aromatic carbocycles. The maximum Gasteiger partial charge on any atom is 0.239 e. The van der Waals surface area contributed by atoms with Crippen molar-refractivity contribution in [2.75, 3.05) is 45.7 Å². The van der Waals surface area contributed by atoms with Crippen LogP contribution in [0.4, 0.5) is 5.82 Å². The largest absolute Gasteiger partial charge is 0.308 e. The lowest BCUT2D eigenvalue weighted by Gasteiger charge is -2.52. The number of amides is 1. The minimum absolute atomic E-state index is 0.0616. The number of nitriles is 1. The highest BCUT2D eigenvalue weighted by Gasteiger charge is 2.51. The van der Waals surface area contributed by atoms with Crippen LogP contribution in [0, 0.1) is 17.2 Å². The van der Waals surface area contributed by atoms with Gasteiger partial charge in [-0.25, -0.2) is 4.98 Å². The first kappa shape index (κ1) is 24.9. The Hall–Kier alpha value is -2.79. The van der Waals surface area contributed by atoms with Gasteiger partial charge >= 0.3 is 0 Å². The van der Waals surface area contributed by atoms with Crippen LogP contribution in [0.1, 0.15) is 56.1 Å². The molecule has 1 amide bonds. The molecule has 3 fully saturated rings. The Balaban J connectivity index is 1.30. The molecule has 5 rings (SSSR count). The molecule has 2 aliphatic carbocycles. The molecule has 0 radical (unpaired) electrons. The van der Waals surface area contributed by atoms with E-state index in [-0.39, 0.29) is 17.0 Å². The highest BCUT2D eigenvalue weighted by molar-refractivity contribution is 5.92. The molecule has 36 heavy (non-hydrogen) atoms. The van der Waals surface area contributed by atoms with E-state index in [0.717, 1.165) is 51.4 Å². The third-order valence-corrected chi connectivity index (χ3v) is 8.99. The van der Waals surface area contributed by atoms with Crippen LogP contribution in [0.2, 0.25) is 0 Å². The van der Waals surface area contributed by atoms with Crippen LogP contribution in [-0.4, -0.2) is 71.5 Å². The molecule has 7 heteroatoms. The van der Waals surface area contributed by atoms with Gasteiger partial charge in [0.25, 0.3) is 0 Å². The smallest absolute Gasteiger partial charge is 0.239 e. The lowest BCUT2D eigenvalue weighted by atomic mass is 9.68. The Morgan fingerprint density at radius 3 is 2.53 bits per heavy atom. The zero-order valence-electron chi connectivity index (χ0n) is 21.6. The maximum absolute atomic E-state index is 13.0. The van der Waals surface area contributed by atoms with E-state index < -0.39 is 0 Å². The summed E-state index contributed by atoms with van der Waals surface area (Å²) >= 11 is 0. The van der Waals surface area contributed by atoms with Gasteiger partial charge in [-0.2, -0.15) is 5.26 Å². The molecule has 1 spiro atoms. The average Bonchev–Trinajstić information content (AvgIpc) is 3.18. The van der Waals surface area contributed by atoms with E-state index in [1.807, 2.05) is 0 Å². The van der Waals surface area contributed by atoms with Gasteiger partial charge in [-0.1, -0.05) is 36.8 Å². The van der Waals surface area contributed by atoms with Crippen LogP contribution in [0.5, 0.6) is 0 Å². The zero-order chi connectivity index (χ0) is 25.2. The molecule has 0 unspecified atom stereocenters. The van der Waals surface area contributed by atoms with E-state index in [1.54, 1.807) is 18.3 Å². The van der Waals surface area contributed by atoms with E-state index in [1.165, 1.54) is 24.8 Å². The quantitative estimate of drug-likeness (QED) is 0.637. The van der Waals surface area contributed by atoms with Crippen molar-refractivity contribution in [3.05, 3.63) is 59.8 Å². The van der Waals surface area contributed by atoms with E-state index in [4.69, 9.17) is 0 Å². The van der Waals surface area contributed by atoms with Crippen molar-refractivity contribution in [3.63, 3.8) is 0 Å². The fourth-order valence-electron chi connectivity index (χ4n) is 6.62. The van der Waals surface area contributed by atoms with Gasteiger partial charge < -0.3 is 5.32 Å². The minimum atomic E-state index is -0.103. The highest BCUT2D eigenvalue weighted by atomic mass is 16.2. The molecular weight excluding hydrogens is 448 g/mol. The standard InChI is InChI=1S/C29H38N6O/c1-33(2)29(25-11-4-3-5-12-25)15-13-28(14-16-29)21-34(22-35(28)19-23-8-6-9-23)20-26(36)32-27-24(18-30)10-7-17-31-27/h3-5,7,10-12,17,23H,6,8-9,13-16,19-22H2,1-2H3,(H,31,32,36)/t28-,29+. The van der Waals surface area contributed by atoms with Gasteiger partial charge in [0.05, 0.1) is 18.8 Å². The number of hydrogen-bond donors (Lipinski definition) is 1. The molecule has 190 valence electrons. The summed E-state index contributed by atoms with van der Waals surface area (Å²) in [5.74, 6) is 1.03. The summed E-state index contributed by atoms with van der Waals surface area (Å²) in [5.41, 5.74) is 1.98. The van der Waals surface area contributed by atoms with Crippen LogP contribution in [0.25, 0.3) is 0 Å². The third kappa shape index (κ3) is 4.78. The molecule has 1 saturated heterocycles. The van der Waals surface area contributed by atoms with Crippen molar-refractivity contribution < 1.29 is 4.79 Å². The Bertz CT molecular complexity index is 1100.